The summed E-state index contributed by atoms with van der Waals surface area (Å²) in [6, 6.07) is 6.42. The number of ether oxygens (including phenoxy) is 1. The van der Waals surface area contributed by atoms with Gasteiger partial charge in [0.15, 0.2) is 0 Å². The van der Waals surface area contributed by atoms with Gasteiger partial charge in [-0.25, -0.2) is 13.1 Å². The summed E-state index contributed by atoms with van der Waals surface area (Å²) in [6.45, 7) is 0.0367. The highest BCUT2D eigenvalue weighted by Crippen LogP contribution is 2.15. The summed E-state index contributed by atoms with van der Waals surface area (Å²) < 4.78 is 31.1. The Kier molecular flexibility index (Phi) is 5.26. The number of carboxylic acid groups (broad SMARTS) is 1. The molecule has 1 rings (SSSR count). The molecular formula is C11H15NO5S. The second kappa shape index (κ2) is 6.48. The predicted molar refractivity (Wildman–Crippen MR) is 64.6 cm³/mol. The lowest BCUT2D eigenvalue weighted by atomic mass is 10.2. The van der Waals surface area contributed by atoms with Crippen molar-refractivity contribution in [3.8, 4) is 0 Å². The maximum atomic E-state index is 11.9. The van der Waals surface area contributed by atoms with Crippen LogP contribution in [0.4, 0.5) is 0 Å². The largest absolute Gasteiger partial charge is 0.481 e. The van der Waals surface area contributed by atoms with Crippen molar-refractivity contribution in [1.29, 1.82) is 0 Å². The number of sulfonamides is 1. The van der Waals surface area contributed by atoms with Crippen molar-refractivity contribution in [3.63, 3.8) is 0 Å². The fraction of sp³-hybridized carbons (Fsp3) is 0.364. The number of benzene rings is 1. The maximum absolute atomic E-state index is 11.9. The Labute approximate surface area is 106 Å². The highest BCUT2D eigenvalue weighted by Gasteiger charge is 2.17. The second-order valence-electron chi connectivity index (χ2n) is 3.58. The number of aliphatic carboxylic acids is 1. The first-order chi connectivity index (χ1) is 8.47. The van der Waals surface area contributed by atoms with Gasteiger partial charge in [0.1, 0.15) is 0 Å². The molecule has 0 aliphatic rings. The van der Waals surface area contributed by atoms with Gasteiger partial charge in [0.05, 0.1) is 17.9 Å². The van der Waals surface area contributed by atoms with E-state index in [4.69, 9.17) is 9.84 Å². The van der Waals surface area contributed by atoms with Crippen LogP contribution in [0.3, 0.4) is 0 Å². The zero-order chi connectivity index (χ0) is 13.6. The van der Waals surface area contributed by atoms with E-state index in [1.165, 1.54) is 13.2 Å². The molecule has 0 saturated carbocycles. The monoisotopic (exact) mass is 273 g/mol. The standard InChI is InChI=1S/C11H15NO5S/c1-17-8-9-4-2-3-5-10(9)18(15,16)12-7-6-11(13)14/h2-5,12H,6-8H2,1H3,(H,13,14). The van der Waals surface area contributed by atoms with Crippen LogP contribution < -0.4 is 4.72 Å². The van der Waals surface area contributed by atoms with Gasteiger partial charge >= 0.3 is 5.97 Å². The second-order valence-corrected chi connectivity index (χ2v) is 5.32. The van der Waals surface area contributed by atoms with Gasteiger partial charge in [0.2, 0.25) is 10.0 Å². The topological polar surface area (TPSA) is 92.7 Å². The van der Waals surface area contributed by atoms with E-state index in [1.54, 1.807) is 18.2 Å². The van der Waals surface area contributed by atoms with Gasteiger partial charge in [-0.15, -0.1) is 0 Å². The van der Waals surface area contributed by atoms with Gasteiger partial charge < -0.3 is 9.84 Å². The molecule has 0 saturated heterocycles. The number of hydrogen-bond donors (Lipinski definition) is 2. The van der Waals surface area contributed by atoms with Crippen molar-refractivity contribution in [3.05, 3.63) is 29.8 Å². The molecule has 7 heteroatoms. The van der Waals surface area contributed by atoms with E-state index in [0.29, 0.717) is 5.56 Å². The van der Waals surface area contributed by atoms with Crippen LogP contribution in [0.15, 0.2) is 29.2 Å². The Balaban J connectivity index is 2.87. The quantitative estimate of drug-likeness (QED) is 0.758. The average Bonchev–Trinajstić information content (AvgIpc) is 2.29. The smallest absolute Gasteiger partial charge is 0.304 e. The first-order valence-corrected chi connectivity index (χ1v) is 6.74. The highest BCUT2D eigenvalue weighted by molar-refractivity contribution is 7.89. The summed E-state index contributed by atoms with van der Waals surface area (Å²) in [5, 5.41) is 8.46. The van der Waals surface area contributed by atoms with Crippen molar-refractivity contribution in [1.82, 2.24) is 4.72 Å². The van der Waals surface area contributed by atoms with Crippen LogP contribution in [0.1, 0.15) is 12.0 Å². The van der Waals surface area contributed by atoms with Gasteiger partial charge in [0, 0.05) is 13.7 Å². The normalized spacial score (nSPS) is 11.4. The fourth-order valence-electron chi connectivity index (χ4n) is 1.41. The van der Waals surface area contributed by atoms with Gasteiger partial charge in [-0.05, 0) is 11.6 Å². The molecule has 100 valence electrons. The van der Waals surface area contributed by atoms with Crippen molar-refractivity contribution >= 4 is 16.0 Å². The number of hydrogen-bond acceptors (Lipinski definition) is 4. The zero-order valence-corrected chi connectivity index (χ0v) is 10.7. The van der Waals surface area contributed by atoms with Crippen molar-refractivity contribution in [2.45, 2.75) is 17.9 Å². The first-order valence-electron chi connectivity index (χ1n) is 5.25. The minimum Gasteiger partial charge on any atom is -0.481 e. The molecule has 0 heterocycles. The molecule has 0 bridgehead atoms. The van der Waals surface area contributed by atoms with Crippen molar-refractivity contribution in [2.75, 3.05) is 13.7 Å². The third-order valence-corrected chi connectivity index (χ3v) is 3.75. The molecule has 0 aliphatic carbocycles. The minimum atomic E-state index is -3.70. The van der Waals surface area contributed by atoms with Crippen LogP contribution in [0.5, 0.6) is 0 Å². The van der Waals surface area contributed by atoms with E-state index in [-0.39, 0.29) is 24.5 Å². The molecular weight excluding hydrogens is 258 g/mol. The average molecular weight is 273 g/mol. The molecule has 0 unspecified atom stereocenters. The van der Waals surface area contributed by atoms with Gasteiger partial charge in [-0.3, -0.25) is 4.79 Å². The lowest BCUT2D eigenvalue weighted by Gasteiger charge is -2.10. The van der Waals surface area contributed by atoms with E-state index in [1.807, 2.05) is 0 Å². The lowest BCUT2D eigenvalue weighted by Crippen LogP contribution is -2.27. The lowest BCUT2D eigenvalue weighted by molar-refractivity contribution is -0.136. The van der Waals surface area contributed by atoms with Crippen molar-refractivity contribution < 1.29 is 23.1 Å². The molecule has 2 N–H and O–H groups in total. The Morgan fingerprint density at radius 2 is 2.06 bits per heavy atom. The van der Waals surface area contributed by atoms with Crippen molar-refractivity contribution in [2.24, 2.45) is 0 Å². The van der Waals surface area contributed by atoms with Crippen LogP contribution in [-0.2, 0) is 26.2 Å². The zero-order valence-electron chi connectivity index (χ0n) is 9.92. The number of carbonyl (C=O) groups is 1. The molecule has 0 spiro atoms. The van der Waals surface area contributed by atoms with Gasteiger partial charge in [-0.2, -0.15) is 0 Å². The van der Waals surface area contributed by atoms with Crippen LogP contribution in [-0.4, -0.2) is 33.1 Å². The highest BCUT2D eigenvalue weighted by atomic mass is 32.2. The fourth-order valence-corrected chi connectivity index (χ4v) is 2.67. The predicted octanol–water partition coefficient (Wildman–Crippen LogP) is 0.586. The van der Waals surface area contributed by atoms with Crippen LogP contribution in [0.2, 0.25) is 0 Å². The number of rotatable bonds is 7. The van der Waals surface area contributed by atoms with Gasteiger partial charge in [0.25, 0.3) is 0 Å². The van der Waals surface area contributed by atoms with E-state index < -0.39 is 16.0 Å². The van der Waals surface area contributed by atoms with Crippen LogP contribution in [0.25, 0.3) is 0 Å². The van der Waals surface area contributed by atoms with E-state index in [9.17, 15) is 13.2 Å². The molecule has 0 amide bonds. The Hall–Kier alpha value is -1.44. The van der Waals surface area contributed by atoms with E-state index >= 15 is 0 Å². The number of methoxy groups -OCH3 is 1. The molecule has 1 aromatic carbocycles. The molecule has 0 fully saturated rings. The Bertz CT molecular complexity index is 512. The Morgan fingerprint density at radius 1 is 1.39 bits per heavy atom. The first kappa shape index (κ1) is 14.6. The summed E-state index contributed by atoms with van der Waals surface area (Å²) in [7, 11) is -2.23. The molecule has 18 heavy (non-hydrogen) atoms. The van der Waals surface area contributed by atoms with E-state index in [0.717, 1.165) is 0 Å². The molecule has 0 atom stereocenters. The summed E-state index contributed by atoms with van der Waals surface area (Å²) in [4.78, 5) is 10.4. The maximum Gasteiger partial charge on any atom is 0.304 e. The van der Waals surface area contributed by atoms with E-state index in [2.05, 4.69) is 4.72 Å². The molecule has 6 nitrogen and oxygen atoms in total. The summed E-state index contributed by atoms with van der Waals surface area (Å²) in [6.07, 6.45) is -0.258. The minimum absolute atomic E-state index is 0.109. The number of carboxylic acids is 1. The molecule has 0 aromatic heterocycles. The summed E-state index contributed by atoms with van der Waals surface area (Å²) in [5.41, 5.74) is 0.530. The molecule has 0 radical (unpaired) electrons. The third kappa shape index (κ3) is 4.10. The molecule has 0 aliphatic heterocycles. The molecule has 1 aromatic rings. The summed E-state index contributed by atoms with van der Waals surface area (Å²) >= 11 is 0. The van der Waals surface area contributed by atoms with Crippen LogP contribution in [0, 0.1) is 0 Å². The third-order valence-electron chi connectivity index (χ3n) is 2.19. The van der Waals surface area contributed by atoms with Crippen LogP contribution >= 0.6 is 0 Å². The number of nitrogens with one attached hydrogen (secondary N) is 1. The Morgan fingerprint density at radius 3 is 2.67 bits per heavy atom. The summed E-state index contributed by atoms with van der Waals surface area (Å²) in [5.74, 6) is -1.05. The van der Waals surface area contributed by atoms with Gasteiger partial charge in [-0.1, -0.05) is 18.2 Å². The SMILES string of the molecule is COCc1ccccc1S(=O)(=O)NCCC(=O)O.